The highest BCUT2D eigenvalue weighted by Crippen LogP contribution is 2.53. The Kier molecular flexibility index (Phi) is 2.85. The molecule has 2 rings (SSSR count). The van der Waals surface area contributed by atoms with Crippen LogP contribution in [0.25, 0.3) is 0 Å². The Bertz CT molecular complexity index is 224. The van der Waals surface area contributed by atoms with E-state index in [0.29, 0.717) is 0 Å². The lowest BCUT2D eigenvalue weighted by Gasteiger charge is -2.37. The lowest BCUT2D eigenvalue weighted by molar-refractivity contribution is 0.367. The molecule has 1 fully saturated rings. The smallest absolute Gasteiger partial charge is 0.195 e. The Morgan fingerprint density at radius 3 is 2.29 bits per heavy atom. The van der Waals surface area contributed by atoms with Crippen molar-refractivity contribution in [1.29, 1.82) is 0 Å². The van der Waals surface area contributed by atoms with Crippen molar-refractivity contribution in [3.05, 3.63) is 12.2 Å². The van der Waals surface area contributed by atoms with Crippen molar-refractivity contribution in [2.24, 2.45) is 11.8 Å². The molecule has 0 N–H and O–H groups in total. The Balaban J connectivity index is 2.16. The van der Waals surface area contributed by atoms with E-state index >= 15 is 0 Å². The fraction of sp³-hybridized carbons (Fsp3) is 0.833. The maximum atomic E-state index is 5.98. The lowest BCUT2D eigenvalue weighted by atomic mass is 10.1. The molecule has 2 heteroatoms. The first-order valence-corrected chi connectivity index (χ1v) is 8.39. The van der Waals surface area contributed by atoms with Gasteiger partial charge in [-0.25, -0.2) is 0 Å². The fourth-order valence-corrected chi connectivity index (χ4v) is 7.79. The van der Waals surface area contributed by atoms with Gasteiger partial charge in [0.2, 0.25) is 0 Å². The van der Waals surface area contributed by atoms with Gasteiger partial charge in [-0.15, -0.1) is 0 Å². The van der Waals surface area contributed by atoms with Crippen LogP contribution in [-0.4, -0.2) is 15.4 Å². The predicted molar refractivity (Wildman–Crippen MR) is 62.8 cm³/mol. The number of fused-ring (bicyclic) bond motifs is 2. The molecule has 1 saturated carbocycles. The third-order valence-corrected chi connectivity index (χ3v) is 9.78. The van der Waals surface area contributed by atoms with Crippen molar-refractivity contribution in [3.63, 3.8) is 0 Å². The summed E-state index contributed by atoms with van der Waals surface area (Å²) < 4.78 is 5.98. The third-order valence-electron chi connectivity index (χ3n) is 4.56. The molecular formula is C12H22OSi. The molecule has 2 bridgehead atoms. The van der Waals surface area contributed by atoms with Crippen molar-refractivity contribution >= 4 is 8.32 Å². The van der Waals surface area contributed by atoms with Crippen LogP contribution in [0.5, 0.6) is 0 Å². The van der Waals surface area contributed by atoms with Crippen LogP contribution in [0.1, 0.15) is 26.7 Å². The first-order chi connectivity index (χ1) is 6.75. The van der Waals surface area contributed by atoms with E-state index in [-0.39, 0.29) is 0 Å². The van der Waals surface area contributed by atoms with Gasteiger partial charge in [-0.1, -0.05) is 26.0 Å². The molecule has 0 aromatic heterocycles. The molecular weight excluding hydrogens is 188 g/mol. The van der Waals surface area contributed by atoms with Crippen LogP contribution in [0.3, 0.4) is 0 Å². The van der Waals surface area contributed by atoms with Gasteiger partial charge < -0.3 is 4.43 Å². The lowest BCUT2D eigenvalue weighted by Crippen LogP contribution is -2.42. The number of hydrogen-bond acceptors (Lipinski definition) is 1. The van der Waals surface area contributed by atoms with Crippen molar-refractivity contribution in [3.8, 4) is 0 Å². The van der Waals surface area contributed by atoms with Crippen LogP contribution < -0.4 is 0 Å². The van der Waals surface area contributed by atoms with Gasteiger partial charge in [-0.3, -0.25) is 0 Å². The van der Waals surface area contributed by atoms with E-state index in [1.807, 2.05) is 7.11 Å². The maximum Gasteiger partial charge on any atom is 0.195 e. The Labute approximate surface area is 88.7 Å². The summed E-state index contributed by atoms with van der Waals surface area (Å²) in [5, 5.41) is 0. The normalized spacial score (nSPS) is 35.5. The van der Waals surface area contributed by atoms with Gasteiger partial charge in [-0.05, 0) is 42.3 Å². The van der Waals surface area contributed by atoms with Gasteiger partial charge >= 0.3 is 0 Å². The maximum absolute atomic E-state index is 5.98. The molecule has 1 nitrogen and oxygen atoms in total. The van der Waals surface area contributed by atoms with E-state index in [2.05, 4.69) is 26.0 Å². The summed E-state index contributed by atoms with van der Waals surface area (Å²) in [5.74, 6) is 1.76. The van der Waals surface area contributed by atoms with E-state index < -0.39 is 8.32 Å². The second-order valence-corrected chi connectivity index (χ2v) is 9.56. The molecule has 0 saturated heterocycles. The molecule has 3 unspecified atom stereocenters. The van der Waals surface area contributed by atoms with Gasteiger partial charge in [0.1, 0.15) is 0 Å². The van der Waals surface area contributed by atoms with Gasteiger partial charge in [0.15, 0.2) is 8.32 Å². The second-order valence-electron chi connectivity index (χ2n) is 4.86. The Morgan fingerprint density at radius 2 is 1.93 bits per heavy atom. The van der Waals surface area contributed by atoms with Crippen LogP contribution in [-0.2, 0) is 4.43 Å². The summed E-state index contributed by atoms with van der Waals surface area (Å²) in [7, 11) is 0.564. The molecule has 0 amide bonds. The van der Waals surface area contributed by atoms with Gasteiger partial charge in [-0.2, -0.15) is 0 Å². The van der Waals surface area contributed by atoms with Crippen LogP contribution in [0.2, 0.25) is 17.6 Å². The van der Waals surface area contributed by atoms with E-state index in [1.165, 1.54) is 24.9 Å². The fourth-order valence-electron chi connectivity index (χ4n) is 3.60. The van der Waals surface area contributed by atoms with Crippen LogP contribution in [0, 0.1) is 11.8 Å². The van der Waals surface area contributed by atoms with Gasteiger partial charge in [0.25, 0.3) is 0 Å². The summed E-state index contributed by atoms with van der Waals surface area (Å²) in [6.07, 6.45) is 7.73. The zero-order chi connectivity index (χ0) is 10.2. The molecule has 0 aromatic carbocycles. The highest BCUT2D eigenvalue weighted by Gasteiger charge is 2.49. The van der Waals surface area contributed by atoms with Crippen molar-refractivity contribution in [2.45, 2.75) is 44.3 Å². The van der Waals surface area contributed by atoms with E-state index in [0.717, 1.165) is 17.4 Å². The largest absolute Gasteiger partial charge is 0.420 e. The monoisotopic (exact) mass is 210 g/mol. The summed E-state index contributed by atoms with van der Waals surface area (Å²) in [6, 6.07) is 2.59. The minimum atomic E-state index is -1.39. The zero-order valence-corrected chi connectivity index (χ0v) is 10.6. The highest BCUT2D eigenvalue weighted by molar-refractivity contribution is 6.75. The molecule has 0 heterocycles. The molecule has 2 aliphatic carbocycles. The van der Waals surface area contributed by atoms with Crippen LogP contribution in [0.4, 0.5) is 0 Å². The quantitative estimate of drug-likeness (QED) is 0.509. The first kappa shape index (κ1) is 10.4. The molecule has 80 valence electrons. The summed E-state index contributed by atoms with van der Waals surface area (Å²) in [5.41, 5.74) is 0.914. The van der Waals surface area contributed by atoms with Crippen molar-refractivity contribution < 1.29 is 4.43 Å². The Morgan fingerprint density at radius 1 is 1.21 bits per heavy atom. The van der Waals surface area contributed by atoms with Gasteiger partial charge in [0.05, 0.1) is 0 Å². The number of hydrogen-bond donors (Lipinski definition) is 0. The minimum Gasteiger partial charge on any atom is -0.420 e. The summed E-state index contributed by atoms with van der Waals surface area (Å²) in [6.45, 7) is 4.66. The molecule has 0 aliphatic heterocycles. The number of rotatable bonds is 4. The number of allylic oxidation sites excluding steroid dienone is 2. The average molecular weight is 210 g/mol. The molecule has 0 aromatic rings. The molecule has 2 aliphatic rings. The van der Waals surface area contributed by atoms with E-state index in [9.17, 15) is 0 Å². The van der Waals surface area contributed by atoms with Crippen LogP contribution >= 0.6 is 0 Å². The van der Waals surface area contributed by atoms with E-state index in [1.54, 1.807) is 0 Å². The minimum absolute atomic E-state index is 0.867. The highest BCUT2D eigenvalue weighted by atomic mass is 28.4. The molecule has 14 heavy (non-hydrogen) atoms. The summed E-state index contributed by atoms with van der Waals surface area (Å²) >= 11 is 0. The van der Waals surface area contributed by atoms with Crippen molar-refractivity contribution in [1.82, 2.24) is 0 Å². The molecule has 0 spiro atoms. The third kappa shape index (κ3) is 1.39. The second kappa shape index (κ2) is 3.82. The van der Waals surface area contributed by atoms with Crippen LogP contribution in [0.15, 0.2) is 12.2 Å². The zero-order valence-electron chi connectivity index (χ0n) is 9.62. The Hall–Kier alpha value is -0.0831. The van der Waals surface area contributed by atoms with E-state index in [4.69, 9.17) is 4.43 Å². The standard InChI is InChI=1S/C12H22OSi/c1-4-14(5-2,13-3)12-9-10-6-7-11(12)8-10/h6-7,10-12H,4-5,8-9H2,1-3H3. The molecule has 3 atom stereocenters. The average Bonchev–Trinajstić information content (AvgIpc) is 2.83. The van der Waals surface area contributed by atoms with Crippen molar-refractivity contribution in [2.75, 3.05) is 7.11 Å². The summed E-state index contributed by atoms with van der Waals surface area (Å²) in [4.78, 5) is 0. The van der Waals surface area contributed by atoms with Gasteiger partial charge in [0, 0.05) is 7.11 Å². The topological polar surface area (TPSA) is 9.23 Å². The molecule has 0 radical (unpaired) electrons. The first-order valence-electron chi connectivity index (χ1n) is 5.99. The predicted octanol–water partition coefficient (Wildman–Crippen LogP) is 3.58. The SMILES string of the molecule is CC[Si](CC)(OC)C1CC2C=CC1C2.